The molecule has 2 aliphatic rings. The lowest BCUT2D eigenvalue weighted by Crippen LogP contribution is -2.31. The van der Waals surface area contributed by atoms with E-state index in [0.717, 1.165) is 37.1 Å². The van der Waals surface area contributed by atoms with Crippen LogP contribution < -0.4 is 10.5 Å². The molecule has 0 aliphatic carbocycles. The maximum atomic E-state index is 11.1. The van der Waals surface area contributed by atoms with Gasteiger partial charge in [-0.15, -0.1) is 0 Å². The highest BCUT2D eigenvalue weighted by molar-refractivity contribution is 6.32. The molecule has 1 unspecified atom stereocenters. The topological polar surface area (TPSA) is 112 Å². The fourth-order valence-corrected chi connectivity index (χ4v) is 4.85. The van der Waals surface area contributed by atoms with Crippen LogP contribution in [0.4, 0.5) is 5.82 Å². The molecular formula is C24H29ClN6O3. The lowest BCUT2D eigenvalue weighted by molar-refractivity contribution is 0.0233. The quantitative estimate of drug-likeness (QED) is 0.565. The third kappa shape index (κ3) is 4.48. The second-order valence-corrected chi connectivity index (χ2v) is 9.61. The average molecular weight is 485 g/mol. The maximum Gasteiger partial charge on any atom is 0.263 e. The Kier molecular flexibility index (Phi) is 6.20. The molecule has 1 aromatic carbocycles. The summed E-state index contributed by atoms with van der Waals surface area (Å²) in [5.74, 6) is 0.949. The first-order chi connectivity index (χ1) is 16.3. The summed E-state index contributed by atoms with van der Waals surface area (Å²) in [6.07, 6.45) is 7.72. The predicted octanol–water partition coefficient (Wildman–Crippen LogP) is 3.55. The smallest absolute Gasteiger partial charge is 0.263 e. The lowest BCUT2D eigenvalue weighted by Gasteiger charge is -2.28. The molecule has 2 fully saturated rings. The molecule has 3 aromatic rings. The minimum absolute atomic E-state index is 0.185. The first-order valence-electron chi connectivity index (χ1n) is 11.5. The van der Waals surface area contributed by atoms with Crippen LogP contribution in [-0.4, -0.2) is 63.1 Å². The van der Waals surface area contributed by atoms with Crippen LogP contribution in [0.5, 0.6) is 11.6 Å². The molecule has 2 saturated heterocycles. The van der Waals surface area contributed by atoms with Crippen molar-refractivity contribution in [2.75, 3.05) is 39.1 Å². The molecule has 0 spiro atoms. The summed E-state index contributed by atoms with van der Waals surface area (Å²) in [6.45, 7) is 4.68. The van der Waals surface area contributed by atoms with E-state index in [1.807, 2.05) is 29.9 Å². The Hall–Kier alpha value is -2.72. The molecule has 34 heavy (non-hydrogen) atoms. The molecule has 3 N–H and O–H groups in total. The van der Waals surface area contributed by atoms with Crippen molar-refractivity contribution >= 4 is 17.4 Å². The van der Waals surface area contributed by atoms with Crippen LogP contribution in [0.2, 0.25) is 5.02 Å². The third-order valence-electron chi connectivity index (χ3n) is 6.67. The number of aromatic nitrogens is 4. The fourth-order valence-electron chi connectivity index (χ4n) is 4.56. The molecular weight excluding hydrogens is 456 g/mol. The molecule has 10 heteroatoms. The van der Waals surface area contributed by atoms with Gasteiger partial charge in [0.15, 0.2) is 11.6 Å². The number of halogens is 1. The maximum absolute atomic E-state index is 11.1. The Labute approximate surface area is 203 Å². The van der Waals surface area contributed by atoms with Crippen molar-refractivity contribution in [3.05, 3.63) is 46.9 Å². The SMILES string of the molecule is Cc1cc(-c2cnc(N)c(Oc3cnn(C4CCN(C)CC4)c3)n2)cc(C2(O)CCOC2)c1Cl. The number of likely N-dealkylation sites (tertiary alicyclic amines) is 1. The number of rotatable bonds is 5. The molecule has 2 aromatic heterocycles. The summed E-state index contributed by atoms with van der Waals surface area (Å²) >= 11 is 6.55. The largest absolute Gasteiger partial charge is 0.433 e. The number of aliphatic hydroxyl groups is 1. The zero-order chi connectivity index (χ0) is 23.9. The number of hydrogen-bond donors (Lipinski definition) is 2. The van der Waals surface area contributed by atoms with Crippen LogP contribution in [-0.2, 0) is 10.3 Å². The molecule has 0 amide bonds. The molecule has 0 saturated carbocycles. The Morgan fingerprint density at radius 3 is 2.79 bits per heavy atom. The monoisotopic (exact) mass is 484 g/mol. The van der Waals surface area contributed by atoms with Gasteiger partial charge in [-0.1, -0.05) is 11.6 Å². The standard InChI is InChI=1S/C24H29ClN6O3/c1-15-9-16(10-19(21(15)25)24(32)5-8-33-14-24)20-12-27-22(26)23(29-20)34-18-11-28-31(13-18)17-3-6-30(2)7-4-17/h9-13,17,32H,3-8,14H2,1-2H3,(H2,26,27). The van der Waals surface area contributed by atoms with Crippen LogP contribution in [0.3, 0.4) is 0 Å². The lowest BCUT2D eigenvalue weighted by atomic mass is 9.89. The highest BCUT2D eigenvalue weighted by Gasteiger charge is 2.36. The van der Waals surface area contributed by atoms with Gasteiger partial charge < -0.3 is 25.2 Å². The number of nitrogen functional groups attached to an aromatic ring is 1. The normalized spacial score (nSPS) is 21.8. The first kappa shape index (κ1) is 23.0. The second-order valence-electron chi connectivity index (χ2n) is 9.23. The summed E-state index contributed by atoms with van der Waals surface area (Å²) in [4.78, 5) is 11.2. The van der Waals surface area contributed by atoms with Gasteiger partial charge >= 0.3 is 0 Å². The van der Waals surface area contributed by atoms with E-state index in [9.17, 15) is 5.11 Å². The highest BCUT2D eigenvalue weighted by Crippen LogP contribution is 2.39. The van der Waals surface area contributed by atoms with E-state index in [2.05, 4.69) is 27.0 Å². The number of aryl methyl sites for hydroxylation is 1. The van der Waals surface area contributed by atoms with Crippen LogP contribution in [0.1, 0.15) is 36.4 Å². The van der Waals surface area contributed by atoms with E-state index >= 15 is 0 Å². The summed E-state index contributed by atoms with van der Waals surface area (Å²) in [5.41, 5.74) is 7.73. The van der Waals surface area contributed by atoms with Crippen LogP contribution >= 0.6 is 11.6 Å². The minimum atomic E-state index is -1.12. The van der Waals surface area contributed by atoms with E-state index in [4.69, 9.17) is 26.8 Å². The van der Waals surface area contributed by atoms with Crippen molar-refractivity contribution in [1.29, 1.82) is 0 Å². The van der Waals surface area contributed by atoms with Gasteiger partial charge in [0, 0.05) is 29.2 Å². The summed E-state index contributed by atoms with van der Waals surface area (Å²) in [6, 6.07) is 4.10. The zero-order valence-corrected chi connectivity index (χ0v) is 20.1. The predicted molar refractivity (Wildman–Crippen MR) is 129 cm³/mol. The summed E-state index contributed by atoms with van der Waals surface area (Å²) < 4.78 is 13.4. The number of benzene rings is 1. The minimum Gasteiger partial charge on any atom is -0.433 e. The summed E-state index contributed by atoms with van der Waals surface area (Å²) in [5, 5.41) is 16.1. The van der Waals surface area contributed by atoms with Crippen LogP contribution in [0.15, 0.2) is 30.7 Å². The van der Waals surface area contributed by atoms with Crippen molar-refractivity contribution in [2.45, 2.75) is 37.8 Å². The molecule has 9 nitrogen and oxygen atoms in total. The zero-order valence-electron chi connectivity index (χ0n) is 19.4. The van der Waals surface area contributed by atoms with E-state index in [0.29, 0.717) is 41.1 Å². The van der Waals surface area contributed by atoms with E-state index in [1.54, 1.807) is 12.4 Å². The number of hydrogen-bond acceptors (Lipinski definition) is 8. The van der Waals surface area contributed by atoms with E-state index < -0.39 is 5.60 Å². The van der Waals surface area contributed by atoms with Gasteiger partial charge in [0.1, 0.15) is 5.60 Å². The van der Waals surface area contributed by atoms with Crippen molar-refractivity contribution in [3.8, 4) is 22.9 Å². The van der Waals surface area contributed by atoms with Gasteiger partial charge in [0.2, 0.25) is 0 Å². The van der Waals surface area contributed by atoms with E-state index in [1.165, 1.54) is 0 Å². The second kappa shape index (κ2) is 9.14. The van der Waals surface area contributed by atoms with Gasteiger partial charge in [0.25, 0.3) is 5.88 Å². The Balaban J connectivity index is 1.41. The number of piperidine rings is 1. The van der Waals surface area contributed by atoms with Gasteiger partial charge in [-0.2, -0.15) is 5.10 Å². The third-order valence-corrected chi connectivity index (χ3v) is 7.18. The van der Waals surface area contributed by atoms with Crippen molar-refractivity contribution < 1.29 is 14.6 Å². The average Bonchev–Trinajstić information content (AvgIpc) is 3.47. The Morgan fingerprint density at radius 1 is 1.26 bits per heavy atom. The first-order valence-corrected chi connectivity index (χ1v) is 11.8. The Morgan fingerprint density at radius 2 is 2.06 bits per heavy atom. The highest BCUT2D eigenvalue weighted by atomic mass is 35.5. The molecule has 5 rings (SSSR count). The van der Waals surface area contributed by atoms with Crippen LogP contribution in [0, 0.1) is 6.92 Å². The number of anilines is 1. The van der Waals surface area contributed by atoms with Crippen molar-refractivity contribution in [3.63, 3.8) is 0 Å². The number of nitrogens with two attached hydrogens (primary N) is 1. The molecule has 0 radical (unpaired) electrons. The Bertz CT molecular complexity index is 1190. The molecule has 4 heterocycles. The number of nitrogens with zero attached hydrogens (tertiary/aromatic N) is 5. The van der Waals surface area contributed by atoms with Gasteiger partial charge in [-0.3, -0.25) is 4.68 Å². The van der Waals surface area contributed by atoms with Crippen molar-refractivity contribution in [1.82, 2.24) is 24.6 Å². The van der Waals surface area contributed by atoms with Crippen LogP contribution in [0.25, 0.3) is 11.3 Å². The van der Waals surface area contributed by atoms with Gasteiger partial charge in [-0.05, 0) is 57.6 Å². The molecule has 1 atom stereocenters. The van der Waals surface area contributed by atoms with Gasteiger partial charge in [0.05, 0.1) is 36.9 Å². The van der Waals surface area contributed by atoms with Crippen molar-refractivity contribution in [2.24, 2.45) is 0 Å². The van der Waals surface area contributed by atoms with Gasteiger partial charge in [-0.25, -0.2) is 9.97 Å². The van der Waals surface area contributed by atoms with E-state index in [-0.39, 0.29) is 18.3 Å². The summed E-state index contributed by atoms with van der Waals surface area (Å²) in [7, 11) is 2.13. The molecule has 2 aliphatic heterocycles. The molecule has 0 bridgehead atoms. The molecule has 180 valence electrons. The fraction of sp³-hybridized carbons (Fsp3) is 0.458. The number of ether oxygens (including phenoxy) is 2.